The molecule has 2 nitrogen and oxygen atoms in total. The van der Waals surface area contributed by atoms with Gasteiger partial charge in [0.05, 0.1) is 0 Å². The number of allylic oxidation sites excluding steroid dienone is 1. The Morgan fingerprint density at radius 2 is 1.48 bits per heavy atom. The summed E-state index contributed by atoms with van der Waals surface area (Å²) < 4.78 is 0. The number of aryl methyl sites for hydroxylation is 2. The van der Waals surface area contributed by atoms with Crippen LogP contribution in [0.4, 0.5) is 11.4 Å². The molecule has 0 saturated heterocycles. The van der Waals surface area contributed by atoms with Gasteiger partial charge in [-0.05, 0) is 74.1 Å². The second-order valence-electron chi connectivity index (χ2n) is 6.56. The van der Waals surface area contributed by atoms with Crippen molar-refractivity contribution in [1.29, 1.82) is 0 Å². The molecule has 1 saturated carbocycles. The first-order valence-electron chi connectivity index (χ1n) is 8.24. The fraction of sp³-hybridized carbons (Fsp3) is 0.333. The number of nitrogens with zero attached hydrogens (tertiary/aromatic N) is 1. The summed E-state index contributed by atoms with van der Waals surface area (Å²) in [5.41, 5.74) is 13.2. The van der Waals surface area contributed by atoms with Crippen LogP contribution in [-0.4, -0.2) is 14.1 Å². The zero-order valence-electron chi connectivity index (χ0n) is 14.8. The van der Waals surface area contributed by atoms with Gasteiger partial charge in [-0.3, -0.25) is 0 Å². The van der Waals surface area contributed by atoms with Crippen LogP contribution in [0, 0.1) is 13.8 Å². The van der Waals surface area contributed by atoms with E-state index in [0.717, 1.165) is 5.69 Å². The summed E-state index contributed by atoms with van der Waals surface area (Å²) in [6.07, 6.45) is 6.19. The van der Waals surface area contributed by atoms with E-state index >= 15 is 0 Å². The first-order chi connectivity index (χ1) is 10.9. The van der Waals surface area contributed by atoms with Crippen LogP contribution in [0.15, 0.2) is 48.0 Å². The Bertz CT molecular complexity index is 640. The van der Waals surface area contributed by atoms with E-state index in [4.69, 9.17) is 5.73 Å². The van der Waals surface area contributed by atoms with Gasteiger partial charge in [-0.25, -0.2) is 0 Å². The van der Waals surface area contributed by atoms with E-state index in [1.54, 1.807) is 5.57 Å². The molecule has 122 valence electrons. The molecule has 0 spiro atoms. The van der Waals surface area contributed by atoms with Gasteiger partial charge in [0.15, 0.2) is 0 Å². The molecule has 0 heterocycles. The van der Waals surface area contributed by atoms with E-state index in [-0.39, 0.29) is 0 Å². The topological polar surface area (TPSA) is 29.3 Å². The zero-order valence-corrected chi connectivity index (χ0v) is 14.8. The lowest BCUT2D eigenvalue weighted by molar-refractivity contribution is 0.670. The van der Waals surface area contributed by atoms with Crippen LogP contribution < -0.4 is 10.6 Å². The van der Waals surface area contributed by atoms with Crippen molar-refractivity contribution in [2.45, 2.75) is 33.1 Å². The molecule has 3 rings (SSSR count). The molecule has 1 aliphatic rings. The third-order valence-corrected chi connectivity index (χ3v) is 4.03. The largest absolute Gasteiger partial charge is 0.399 e. The summed E-state index contributed by atoms with van der Waals surface area (Å²) in [4.78, 5) is 2.12. The summed E-state index contributed by atoms with van der Waals surface area (Å²) >= 11 is 0. The van der Waals surface area contributed by atoms with Crippen molar-refractivity contribution in [3.63, 3.8) is 0 Å². The van der Waals surface area contributed by atoms with Gasteiger partial charge in [-0.15, -0.1) is 0 Å². The molecular formula is C21H28N2. The second-order valence-corrected chi connectivity index (χ2v) is 6.56. The average molecular weight is 308 g/mol. The maximum absolute atomic E-state index is 5.58. The Morgan fingerprint density at radius 3 is 1.91 bits per heavy atom. The van der Waals surface area contributed by atoms with Crippen LogP contribution in [0.5, 0.6) is 0 Å². The first-order valence-corrected chi connectivity index (χ1v) is 8.24. The Morgan fingerprint density at radius 1 is 0.913 bits per heavy atom. The van der Waals surface area contributed by atoms with Gasteiger partial charge in [0, 0.05) is 25.5 Å². The Labute approximate surface area is 140 Å². The minimum Gasteiger partial charge on any atom is -0.399 e. The molecule has 0 bridgehead atoms. The fourth-order valence-corrected chi connectivity index (χ4v) is 2.56. The third kappa shape index (κ3) is 5.48. The van der Waals surface area contributed by atoms with Gasteiger partial charge in [0.25, 0.3) is 0 Å². The molecule has 1 fully saturated rings. The summed E-state index contributed by atoms with van der Waals surface area (Å²) in [6, 6.07) is 14.6. The number of nitrogens with two attached hydrogens (primary N) is 1. The monoisotopic (exact) mass is 308 g/mol. The zero-order chi connectivity index (χ0) is 16.8. The molecule has 2 aromatic rings. The van der Waals surface area contributed by atoms with Crippen LogP contribution >= 0.6 is 0 Å². The molecule has 23 heavy (non-hydrogen) atoms. The van der Waals surface area contributed by atoms with E-state index < -0.39 is 0 Å². The van der Waals surface area contributed by atoms with Crippen molar-refractivity contribution in [2.75, 3.05) is 24.7 Å². The second kappa shape index (κ2) is 7.87. The number of hydrogen-bond donors (Lipinski definition) is 1. The van der Waals surface area contributed by atoms with Crippen LogP contribution in [-0.2, 0) is 0 Å². The number of nitrogen functional groups attached to an aromatic ring is 1. The van der Waals surface area contributed by atoms with Gasteiger partial charge in [-0.1, -0.05) is 29.8 Å². The summed E-state index contributed by atoms with van der Waals surface area (Å²) in [6.45, 7) is 4.25. The van der Waals surface area contributed by atoms with E-state index in [1.807, 2.05) is 12.1 Å². The quantitative estimate of drug-likeness (QED) is 0.772. The molecular weight excluding hydrogens is 280 g/mol. The highest BCUT2D eigenvalue weighted by molar-refractivity contribution is 5.56. The van der Waals surface area contributed by atoms with Crippen molar-refractivity contribution in [3.05, 3.63) is 64.7 Å². The molecule has 0 unspecified atom stereocenters. The maximum atomic E-state index is 5.58. The van der Waals surface area contributed by atoms with Gasteiger partial charge >= 0.3 is 0 Å². The Kier molecular flexibility index (Phi) is 5.86. The van der Waals surface area contributed by atoms with Gasteiger partial charge < -0.3 is 10.6 Å². The van der Waals surface area contributed by atoms with E-state index in [0.29, 0.717) is 0 Å². The van der Waals surface area contributed by atoms with Crippen molar-refractivity contribution in [3.8, 4) is 0 Å². The van der Waals surface area contributed by atoms with E-state index in [1.165, 1.54) is 41.6 Å². The molecule has 2 N–H and O–H groups in total. The normalized spacial score (nSPS) is 12.8. The lowest BCUT2D eigenvalue weighted by Gasteiger charge is -2.15. The minimum absolute atomic E-state index is 0.839. The van der Waals surface area contributed by atoms with E-state index in [9.17, 15) is 0 Å². The minimum atomic E-state index is 0.839. The van der Waals surface area contributed by atoms with Gasteiger partial charge in [0.2, 0.25) is 0 Å². The van der Waals surface area contributed by atoms with Gasteiger partial charge in [0.1, 0.15) is 0 Å². The Hall–Kier alpha value is -2.22. The molecule has 2 aromatic carbocycles. The number of benzene rings is 2. The van der Waals surface area contributed by atoms with Crippen molar-refractivity contribution >= 4 is 17.5 Å². The number of anilines is 2. The lowest BCUT2D eigenvalue weighted by atomic mass is 9.91. The van der Waals surface area contributed by atoms with Crippen molar-refractivity contribution < 1.29 is 0 Å². The van der Waals surface area contributed by atoms with Gasteiger partial charge in [-0.2, -0.15) is 0 Å². The summed E-state index contributed by atoms with van der Waals surface area (Å²) in [7, 11) is 4.13. The predicted octanol–water partition coefficient (Wildman–Crippen LogP) is 5.21. The smallest absolute Gasteiger partial charge is 0.0366 e. The standard InChI is InChI=1S/C11H13N.C10H15N/c12-11-6-4-10(5-7-11)8-9-2-1-3-9;1-8-5-9(2)7-10(6-8)11(3)4/h4-8H,1-3,12H2;5-7H,1-4H3. The molecule has 0 amide bonds. The predicted molar refractivity (Wildman–Crippen MR) is 103 cm³/mol. The molecule has 1 aliphatic carbocycles. The van der Waals surface area contributed by atoms with Crippen molar-refractivity contribution in [2.24, 2.45) is 0 Å². The highest BCUT2D eigenvalue weighted by atomic mass is 15.1. The number of hydrogen-bond acceptors (Lipinski definition) is 2. The molecule has 0 radical (unpaired) electrons. The van der Waals surface area contributed by atoms with Crippen LogP contribution in [0.2, 0.25) is 0 Å². The SMILES string of the molecule is Cc1cc(C)cc(N(C)C)c1.Nc1ccc(C=C2CCC2)cc1. The van der Waals surface area contributed by atoms with Crippen molar-refractivity contribution in [1.82, 2.24) is 0 Å². The molecule has 0 aliphatic heterocycles. The molecule has 2 heteroatoms. The van der Waals surface area contributed by atoms with Crippen LogP contribution in [0.3, 0.4) is 0 Å². The lowest BCUT2D eigenvalue weighted by Crippen LogP contribution is -2.08. The molecule has 0 atom stereocenters. The Balaban J connectivity index is 0.000000168. The number of rotatable bonds is 2. The third-order valence-electron chi connectivity index (χ3n) is 4.03. The average Bonchev–Trinajstić information content (AvgIpc) is 2.44. The molecule has 0 aromatic heterocycles. The maximum Gasteiger partial charge on any atom is 0.0366 e. The fourth-order valence-electron chi connectivity index (χ4n) is 2.56. The summed E-state index contributed by atoms with van der Waals surface area (Å²) in [5.74, 6) is 0. The summed E-state index contributed by atoms with van der Waals surface area (Å²) in [5, 5.41) is 0. The van der Waals surface area contributed by atoms with Crippen LogP contribution in [0.25, 0.3) is 6.08 Å². The van der Waals surface area contributed by atoms with E-state index in [2.05, 4.69) is 69.3 Å². The first kappa shape index (κ1) is 17.1. The van der Waals surface area contributed by atoms with Crippen LogP contribution in [0.1, 0.15) is 36.0 Å². The highest BCUT2D eigenvalue weighted by Crippen LogP contribution is 2.27. The highest BCUT2D eigenvalue weighted by Gasteiger charge is 2.07.